The van der Waals surface area contributed by atoms with Crippen LogP contribution in [0.3, 0.4) is 0 Å². The molecular weight excluding hydrogens is 272 g/mol. The van der Waals surface area contributed by atoms with E-state index in [2.05, 4.69) is 44.1 Å². The Bertz CT molecular complexity index is 713. The van der Waals surface area contributed by atoms with Crippen molar-refractivity contribution in [2.75, 3.05) is 18.5 Å². The van der Waals surface area contributed by atoms with Gasteiger partial charge < -0.3 is 4.90 Å². The van der Waals surface area contributed by atoms with Gasteiger partial charge in [-0.3, -0.25) is 4.98 Å². The maximum absolute atomic E-state index is 4.64. The molecule has 22 heavy (non-hydrogen) atoms. The van der Waals surface area contributed by atoms with Crippen molar-refractivity contribution in [2.45, 2.75) is 6.42 Å². The molecule has 3 rings (SSSR count). The predicted octanol–water partition coefficient (Wildman–Crippen LogP) is 3.22. The number of nitrogens with zero attached hydrogens (tertiary/aromatic N) is 4. The molecule has 4 nitrogen and oxygen atoms in total. The zero-order chi connectivity index (χ0) is 15.2. The first kappa shape index (κ1) is 14.2. The summed E-state index contributed by atoms with van der Waals surface area (Å²) in [4.78, 5) is 15.1. The summed E-state index contributed by atoms with van der Waals surface area (Å²) in [6.07, 6.45) is 6.32. The quantitative estimate of drug-likeness (QED) is 0.723. The molecule has 1 aromatic carbocycles. The largest absolute Gasteiger partial charge is 0.344 e. The number of pyridine rings is 1. The minimum absolute atomic E-state index is 0.741. The molecule has 0 aliphatic carbocycles. The van der Waals surface area contributed by atoms with Crippen molar-refractivity contribution >= 4 is 5.95 Å². The van der Waals surface area contributed by atoms with Crippen LogP contribution in [0.2, 0.25) is 0 Å². The third kappa shape index (κ3) is 3.47. The average Bonchev–Trinajstić information content (AvgIpc) is 2.61. The van der Waals surface area contributed by atoms with Gasteiger partial charge in [0.05, 0.1) is 5.69 Å². The number of benzene rings is 1. The van der Waals surface area contributed by atoms with E-state index in [0.29, 0.717) is 0 Å². The molecule has 0 saturated heterocycles. The van der Waals surface area contributed by atoms with Crippen molar-refractivity contribution in [3.63, 3.8) is 0 Å². The Morgan fingerprint density at radius 2 is 1.68 bits per heavy atom. The standard InChI is InChI=1S/C18H18N4/c1-22(14-10-15-5-3-2-4-6-15)18-20-13-9-17(21-18)16-7-11-19-12-8-16/h2-9,11-13H,10,14H2,1H3. The maximum Gasteiger partial charge on any atom is 0.225 e. The molecular formula is C18H18N4. The van der Waals surface area contributed by atoms with E-state index in [1.807, 2.05) is 31.3 Å². The normalized spacial score (nSPS) is 10.4. The van der Waals surface area contributed by atoms with Crippen molar-refractivity contribution in [1.29, 1.82) is 0 Å². The molecule has 0 spiro atoms. The first-order valence-electron chi connectivity index (χ1n) is 7.31. The van der Waals surface area contributed by atoms with Gasteiger partial charge in [0.25, 0.3) is 0 Å². The van der Waals surface area contributed by atoms with Crippen molar-refractivity contribution < 1.29 is 0 Å². The number of likely N-dealkylation sites (N-methyl/N-ethyl adjacent to an activating group) is 1. The van der Waals surface area contributed by atoms with Crippen LogP contribution >= 0.6 is 0 Å². The van der Waals surface area contributed by atoms with Crippen LogP contribution in [0.25, 0.3) is 11.3 Å². The van der Waals surface area contributed by atoms with Crippen molar-refractivity contribution in [3.8, 4) is 11.3 Å². The van der Waals surface area contributed by atoms with Crippen LogP contribution in [-0.2, 0) is 6.42 Å². The van der Waals surface area contributed by atoms with Crippen LogP contribution in [0.1, 0.15) is 5.56 Å². The summed E-state index contributed by atoms with van der Waals surface area (Å²) >= 11 is 0. The van der Waals surface area contributed by atoms with Crippen molar-refractivity contribution in [3.05, 3.63) is 72.7 Å². The molecule has 0 bridgehead atoms. The summed E-state index contributed by atoms with van der Waals surface area (Å²) in [6.45, 7) is 0.879. The molecule has 2 heterocycles. The first-order chi connectivity index (χ1) is 10.8. The highest BCUT2D eigenvalue weighted by atomic mass is 15.2. The SMILES string of the molecule is CN(CCc1ccccc1)c1nccc(-c2ccncc2)n1. The smallest absolute Gasteiger partial charge is 0.225 e. The van der Waals surface area contributed by atoms with Gasteiger partial charge in [0.15, 0.2) is 0 Å². The lowest BCUT2D eigenvalue weighted by Gasteiger charge is -2.17. The van der Waals surface area contributed by atoms with E-state index in [0.717, 1.165) is 30.2 Å². The van der Waals surface area contributed by atoms with E-state index in [-0.39, 0.29) is 0 Å². The molecule has 0 unspecified atom stereocenters. The van der Waals surface area contributed by atoms with E-state index in [1.54, 1.807) is 18.6 Å². The summed E-state index contributed by atoms with van der Waals surface area (Å²) in [7, 11) is 2.02. The van der Waals surface area contributed by atoms with Crippen LogP contribution in [0, 0.1) is 0 Å². The van der Waals surface area contributed by atoms with Crippen LogP contribution in [0.4, 0.5) is 5.95 Å². The summed E-state index contributed by atoms with van der Waals surface area (Å²) in [6, 6.07) is 16.3. The molecule has 3 aromatic rings. The van der Waals surface area contributed by atoms with Crippen molar-refractivity contribution in [2.24, 2.45) is 0 Å². The molecule has 0 aliphatic heterocycles. The van der Waals surface area contributed by atoms with Gasteiger partial charge in [-0.05, 0) is 30.2 Å². The van der Waals surface area contributed by atoms with E-state index < -0.39 is 0 Å². The van der Waals surface area contributed by atoms with E-state index in [1.165, 1.54) is 5.56 Å². The number of aromatic nitrogens is 3. The fourth-order valence-electron chi connectivity index (χ4n) is 2.26. The number of hydrogen-bond acceptors (Lipinski definition) is 4. The molecule has 4 heteroatoms. The van der Waals surface area contributed by atoms with Gasteiger partial charge in [-0.25, -0.2) is 9.97 Å². The third-order valence-corrected chi connectivity index (χ3v) is 3.54. The molecule has 0 N–H and O–H groups in total. The Morgan fingerprint density at radius 3 is 2.45 bits per heavy atom. The summed E-state index contributed by atoms with van der Waals surface area (Å²) in [5.74, 6) is 0.741. The summed E-state index contributed by atoms with van der Waals surface area (Å²) < 4.78 is 0. The fourth-order valence-corrected chi connectivity index (χ4v) is 2.26. The van der Waals surface area contributed by atoms with Gasteiger partial charge in [0.1, 0.15) is 0 Å². The van der Waals surface area contributed by atoms with Crippen LogP contribution in [-0.4, -0.2) is 28.5 Å². The maximum atomic E-state index is 4.64. The second-order valence-electron chi connectivity index (χ2n) is 5.13. The van der Waals surface area contributed by atoms with E-state index in [9.17, 15) is 0 Å². The minimum Gasteiger partial charge on any atom is -0.344 e. The Labute approximate surface area is 130 Å². The summed E-state index contributed by atoms with van der Waals surface area (Å²) in [5, 5.41) is 0. The van der Waals surface area contributed by atoms with Gasteiger partial charge in [0.2, 0.25) is 5.95 Å². The molecule has 0 aliphatic rings. The van der Waals surface area contributed by atoms with Crippen molar-refractivity contribution in [1.82, 2.24) is 15.0 Å². The second-order valence-corrected chi connectivity index (χ2v) is 5.13. The summed E-state index contributed by atoms with van der Waals surface area (Å²) in [5.41, 5.74) is 3.29. The Kier molecular flexibility index (Phi) is 4.39. The van der Waals surface area contributed by atoms with Crippen LogP contribution < -0.4 is 4.90 Å². The number of anilines is 1. The lowest BCUT2D eigenvalue weighted by Crippen LogP contribution is -2.22. The number of hydrogen-bond donors (Lipinski definition) is 0. The third-order valence-electron chi connectivity index (χ3n) is 3.54. The highest BCUT2D eigenvalue weighted by molar-refractivity contribution is 5.59. The second kappa shape index (κ2) is 6.80. The molecule has 0 saturated carbocycles. The Morgan fingerprint density at radius 1 is 0.909 bits per heavy atom. The minimum atomic E-state index is 0.741. The van der Waals surface area contributed by atoms with Gasteiger partial charge in [-0.2, -0.15) is 0 Å². The van der Waals surface area contributed by atoms with E-state index >= 15 is 0 Å². The lowest BCUT2D eigenvalue weighted by molar-refractivity contribution is 0.838. The highest BCUT2D eigenvalue weighted by Gasteiger charge is 2.07. The molecule has 2 aromatic heterocycles. The van der Waals surface area contributed by atoms with Gasteiger partial charge in [-0.15, -0.1) is 0 Å². The van der Waals surface area contributed by atoms with Gasteiger partial charge in [-0.1, -0.05) is 30.3 Å². The Balaban J connectivity index is 1.72. The number of rotatable bonds is 5. The molecule has 110 valence electrons. The molecule has 0 fully saturated rings. The topological polar surface area (TPSA) is 41.9 Å². The van der Waals surface area contributed by atoms with Crippen LogP contribution in [0.5, 0.6) is 0 Å². The van der Waals surface area contributed by atoms with Gasteiger partial charge in [0, 0.05) is 37.7 Å². The monoisotopic (exact) mass is 290 g/mol. The molecule has 0 radical (unpaired) electrons. The zero-order valence-electron chi connectivity index (χ0n) is 12.6. The zero-order valence-corrected chi connectivity index (χ0v) is 12.6. The fraction of sp³-hybridized carbons (Fsp3) is 0.167. The van der Waals surface area contributed by atoms with Crippen LogP contribution in [0.15, 0.2) is 67.1 Å². The predicted molar refractivity (Wildman–Crippen MR) is 88.7 cm³/mol. The van der Waals surface area contributed by atoms with Gasteiger partial charge >= 0.3 is 0 Å². The molecule has 0 atom stereocenters. The molecule has 0 amide bonds. The highest BCUT2D eigenvalue weighted by Crippen LogP contribution is 2.17. The average molecular weight is 290 g/mol. The Hall–Kier alpha value is -2.75. The van der Waals surface area contributed by atoms with E-state index in [4.69, 9.17) is 0 Å². The first-order valence-corrected chi connectivity index (χ1v) is 7.31. The lowest BCUT2D eigenvalue weighted by atomic mass is 10.1.